The van der Waals surface area contributed by atoms with E-state index in [4.69, 9.17) is 33.5 Å². The van der Waals surface area contributed by atoms with Gasteiger partial charge >= 0.3 is 6.18 Å². The highest BCUT2D eigenvalue weighted by Gasteiger charge is 2.36. The van der Waals surface area contributed by atoms with Gasteiger partial charge in [-0.05, 0) is 72.3 Å². The molecular formula is C37H29Cl2F3N6O4S2. The van der Waals surface area contributed by atoms with Crippen LogP contribution in [0.4, 0.5) is 18.9 Å². The number of primary sulfonamides is 2. The van der Waals surface area contributed by atoms with E-state index in [1.807, 2.05) is 65.7 Å². The maximum absolute atomic E-state index is 13.1. The molecule has 6 aromatic rings. The Morgan fingerprint density at radius 3 is 1.65 bits per heavy atom. The fourth-order valence-corrected chi connectivity index (χ4v) is 7.09. The molecule has 5 aromatic carbocycles. The number of hydrogen-bond acceptors (Lipinski definition) is 7. The van der Waals surface area contributed by atoms with E-state index in [2.05, 4.69) is 10.5 Å². The van der Waals surface area contributed by atoms with E-state index < -0.39 is 31.9 Å². The molecule has 0 saturated heterocycles. The van der Waals surface area contributed by atoms with Gasteiger partial charge in [-0.15, -0.1) is 0 Å². The number of aromatic nitrogens is 2. The Balaban J connectivity index is 0.000000185. The van der Waals surface area contributed by atoms with Crippen LogP contribution in [0, 0.1) is 0 Å². The largest absolute Gasteiger partial charge is 0.435 e. The maximum atomic E-state index is 13.1. The number of nitrogens with zero attached hydrogens (tertiary/aromatic N) is 3. The number of nitrogens with one attached hydrogen (secondary N) is 1. The van der Waals surface area contributed by atoms with Gasteiger partial charge in [0.2, 0.25) is 20.0 Å². The zero-order valence-electron chi connectivity index (χ0n) is 27.7. The molecule has 0 bridgehead atoms. The lowest BCUT2D eigenvalue weighted by Gasteiger charge is -2.28. The van der Waals surface area contributed by atoms with Gasteiger partial charge in [0.15, 0.2) is 5.69 Å². The van der Waals surface area contributed by atoms with Crippen LogP contribution in [0.25, 0.3) is 22.6 Å². The van der Waals surface area contributed by atoms with Crippen LogP contribution in [-0.4, -0.2) is 26.6 Å². The molecule has 278 valence electrons. The summed E-state index contributed by atoms with van der Waals surface area (Å²) in [5, 5.41) is 16.9. The first-order valence-corrected chi connectivity index (χ1v) is 19.6. The fraction of sp³-hybridized carbons (Fsp3) is 0.0541. The molecule has 54 heavy (non-hydrogen) atoms. The van der Waals surface area contributed by atoms with Crippen LogP contribution in [0.15, 0.2) is 154 Å². The van der Waals surface area contributed by atoms with Crippen molar-refractivity contribution in [1.29, 1.82) is 0 Å². The first-order chi connectivity index (χ1) is 25.5. The van der Waals surface area contributed by atoms with E-state index in [1.54, 1.807) is 36.4 Å². The summed E-state index contributed by atoms with van der Waals surface area (Å²) in [7, 11) is -7.66. The van der Waals surface area contributed by atoms with Gasteiger partial charge in [0.1, 0.15) is 6.04 Å². The van der Waals surface area contributed by atoms with E-state index in [9.17, 15) is 30.0 Å². The van der Waals surface area contributed by atoms with Crippen LogP contribution in [-0.2, 0) is 26.2 Å². The zero-order valence-corrected chi connectivity index (χ0v) is 30.8. The number of nitrogens with two attached hydrogens (primary N) is 2. The topological polar surface area (TPSA) is 153 Å². The number of hydrazine groups is 1. The molecule has 0 saturated carbocycles. The second-order valence-electron chi connectivity index (χ2n) is 11.8. The Bertz CT molecular complexity index is 2520. The molecule has 1 atom stereocenters. The van der Waals surface area contributed by atoms with Crippen molar-refractivity contribution < 1.29 is 30.0 Å². The monoisotopic (exact) mass is 812 g/mol. The van der Waals surface area contributed by atoms with Gasteiger partial charge in [-0.3, -0.25) is 10.4 Å². The Kier molecular flexibility index (Phi) is 10.9. The SMILES string of the molecule is NS(=O)(=O)c1ccc(-n2nc(C(F)(F)F)cc2-c2ccc(Cl)cc2)cc1.NS(=O)(=O)c1ccc(N2NC(c3ccccc3)=C(Cl)C2c2ccccc2)cc1. The molecule has 7 rings (SSSR count). The van der Waals surface area contributed by atoms with Crippen LogP contribution in [0.3, 0.4) is 0 Å². The fourth-order valence-electron chi connectivity index (χ4n) is 5.56. The van der Waals surface area contributed by atoms with E-state index >= 15 is 0 Å². The third-order valence-corrected chi connectivity index (χ3v) is 10.6. The molecule has 1 aromatic heterocycles. The van der Waals surface area contributed by atoms with E-state index in [-0.39, 0.29) is 27.2 Å². The summed E-state index contributed by atoms with van der Waals surface area (Å²) >= 11 is 12.6. The summed E-state index contributed by atoms with van der Waals surface area (Å²) < 4.78 is 86.2. The number of rotatable bonds is 7. The average molecular weight is 814 g/mol. The maximum Gasteiger partial charge on any atom is 0.435 e. The minimum Gasteiger partial charge on any atom is -0.296 e. The first-order valence-electron chi connectivity index (χ1n) is 15.8. The molecule has 0 amide bonds. The minimum absolute atomic E-state index is 0.0639. The number of alkyl halides is 3. The van der Waals surface area contributed by atoms with Crippen molar-refractivity contribution in [2.24, 2.45) is 10.3 Å². The zero-order chi connectivity index (χ0) is 38.8. The lowest BCUT2D eigenvalue weighted by molar-refractivity contribution is -0.141. The Hall–Kier alpha value is -5.16. The third kappa shape index (κ3) is 8.62. The molecule has 17 heteroatoms. The van der Waals surface area contributed by atoms with Crippen molar-refractivity contribution in [1.82, 2.24) is 15.2 Å². The normalized spacial score (nSPS) is 14.7. The average Bonchev–Trinajstić information content (AvgIpc) is 3.75. The molecule has 1 aliphatic heterocycles. The van der Waals surface area contributed by atoms with Gasteiger partial charge in [0.05, 0.1) is 37.6 Å². The number of halogens is 5. The second kappa shape index (κ2) is 15.3. The highest BCUT2D eigenvalue weighted by Crippen LogP contribution is 2.42. The van der Waals surface area contributed by atoms with Gasteiger partial charge in [-0.25, -0.2) is 31.8 Å². The van der Waals surface area contributed by atoms with Crippen LogP contribution >= 0.6 is 23.2 Å². The van der Waals surface area contributed by atoms with Gasteiger partial charge in [-0.2, -0.15) is 18.3 Å². The van der Waals surface area contributed by atoms with Crippen molar-refractivity contribution in [3.63, 3.8) is 0 Å². The summed E-state index contributed by atoms with van der Waals surface area (Å²) in [6, 6.07) is 38.1. The smallest absolute Gasteiger partial charge is 0.296 e. The highest BCUT2D eigenvalue weighted by atomic mass is 35.5. The van der Waals surface area contributed by atoms with Crippen molar-refractivity contribution in [3.05, 3.63) is 166 Å². The quantitative estimate of drug-likeness (QED) is 0.148. The molecule has 0 aliphatic carbocycles. The summed E-state index contributed by atoms with van der Waals surface area (Å²) in [6.07, 6.45) is -4.63. The summed E-state index contributed by atoms with van der Waals surface area (Å²) in [6.45, 7) is 0. The minimum atomic E-state index is -4.63. The standard InChI is InChI=1S/C21H18ClN3O2S.C16H11ClF3N3O2S/c22-19-20(15-7-3-1-4-8-15)24-25(21(19)16-9-5-2-6-10-16)17-11-13-18(14-12-17)28(23,26)27;17-11-3-1-10(2-4-11)14-9-15(16(18,19)20)22-23(14)12-5-7-13(8-6-12)26(21,24)25/h1-14,21,24H,(H2,23,26,27);1-9H,(H2,21,24,25). The van der Waals surface area contributed by atoms with Crippen molar-refractivity contribution in [2.75, 3.05) is 5.01 Å². The van der Waals surface area contributed by atoms with Crippen molar-refractivity contribution >= 4 is 54.6 Å². The van der Waals surface area contributed by atoms with Crippen molar-refractivity contribution in [3.8, 4) is 16.9 Å². The molecule has 10 nitrogen and oxygen atoms in total. The number of benzene rings is 5. The van der Waals surface area contributed by atoms with Gasteiger partial charge in [0.25, 0.3) is 0 Å². The lowest BCUT2D eigenvalue weighted by atomic mass is 10.0. The molecule has 0 radical (unpaired) electrons. The molecule has 2 heterocycles. The molecular weight excluding hydrogens is 784 g/mol. The van der Waals surface area contributed by atoms with Crippen molar-refractivity contribution in [2.45, 2.75) is 22.0 Å². The van der Waals surface area contributed by atoms with Crippen LogP contribution in [0.1, 0.15) is 22.9 Å². The Morgan fingerprint density at radius 1 is 0.648 bits per heavy atom. The molecule has 1 aliphatic rings. The van der Waals surface area contributed by atoms with Crippen LogP contribution < -0.4 is 20.7 Å². The second-order valence-corrected chi connectivity index (χ2v) is 15.8. The number of sulfonamides is 2. The highest BCUT2D eigenvalue weighted by molar-refractivity contribution is 7.89. The predicted molar refractivity (Wildman–Crippen MR) is 202 cm³/mol. The summed E-state index contributed by atoms with van der Waals surface area (Å²) in [4.78, 5) is -0.0912. The van der Waals surface area contributed by atoms with E-state index in [0.717, 1.165) is 33.3 Å². The van der Waals surface area contributed by atoms with Gasteiger partial charge in [-0.1, -0.05) is 96.0 Å². The molecule has 0 fully saturated rings. The lowest BCUT2D eigenvalue weighted by Crippen LogP contribution is -2.34. The Labute approximate surface area is 319 Å². The van der Waals surface area contributed by atoms with Crippen LogP contribution in [0.2, 0.25) is 5.02 Å². The third-order valence-electron chi connectivity index (χ3n) is 8.14. The Morgan fingerprint density at radius 2 is 1.15 bits per heavy atom. The summed E-state index contributed by atoms with van der Waals surface area (Å²) in [5.41, 5.74) is 6.77. The van der Waals surface area contributed by atoms with E-state index in [1.165, 1.54) is 36.4 Å². The van der Waals surface area contributed by atoms with Crippen LogP contribution in [0.5, 0.6) is 0 Å². The van der Waals surface area contributed by atoms with E-state index in [0.29, 0.717) is 15.6 Å². The number of anilines is 1. The van der Waals surface area contributed by atoms with Gasteiger partial charge < -0.3 is 0 Å². The van der Waals surface area contributed by atoms with Gasteiger partial charge in [0, 0.05) is 16.1 Å². The predicted octanol–water partition coefficient (Wildman–Crippen LogP) is 7.87. The molecule has 1 unspecified atom stereocenters. The molecule has 0 spiro atoms. The number of hydrogen-bond donors (Lipinski definition) is 3. The molecule has 5 N–H and O–H groups in total. The first kappa shape index (κ1) is 38.6. The summed E-state index contributed by atoms with van der Waals surface area (Å²) in [5.74, 6) is 0.